The summed E-state index contributed by atoms with van der Waals surface area (Å²) in [7, 11) is 0. The fraction of sp³-hybridized carbons (Fsp3) is 0.333. The van der Waals surface area contributed by atoms with Gasteiger partial charge in [0.1, 0.15) is 11.6 Å². The van der Waals surface area contributed by atoms with E-state index in [-0.39, 0.29) is 5.75 Å². The molecule has 0 aliphatic carbocycles. The van der Waals surface area contributed by atoms with Crippen molar-refractivity contribution in [2.45, 2.75) is 25.4 Å². The normalized spacial score (nSPS) is 11.4. The van der Waals surface area contributed by atoms with Gasteiger partial charge >= 0.3 is 6.18 Å². The van der Waals surface area contributed by atoms with E-state index in [4.69, 9.17) is 10.5 Å². The van der Waals surface area contributed by atoms with Gasteiger partial charge in [-0.1, -0.05) is 6.07 Å². The van der Waals surface area contributed by atoms with E-state index < -0.39 is 11.7 Å². The van der Waals surface area contributed by atoms with Crippen molar-refractivity contribution in [3.63, 3.8) is 0 Å². The lowest BCUT2D eigenvalue weighted by atomic mass is 10.1. The third-order valence-corrected chi connectivity index (χ3v) is 3.11. The predicted octanol–water partition coefficient (Wildman–Crippen LogP) is 3.48. The van der Waals surface area contributed by atoms with Crippen LogP contribution in [-0.2, 0) is 12.6 Å². The van der Waals surface area contributed by atoms with Crippen LogP contribution in [0.15, 0.2) is 36.5 Å². The molecule has 0 unspecified atom stereocenters. The molecule has 118 valence electrons. The molecule has 1 aromatic carbocycles. The number of benzene rings is 1. The van der Waals surface area contributed by atoms with Crippen LogP contribution in [0.3, 0.4) is 0 Å². The first kappa shape index (κ1) is 16.1. The molecule has 4 nitrogen and oxygen atoms in total. The zero-order valence-electron chi connectivity index (χ0n) is 11.8. The summed E-state index contributed by atoms with van der Waals surface area (Å²) < 4.78 is 43.0. The van der Waals surface area contributed by atoms with Gasteiger partial charge in [-0.2, -0.15) is 18.3 Å². The maximum atomic E-state index is 12.6. The number of rotatable bonds is 6. The molecule has 1 aromatic heterocycles. The van der Waals surface area contributed by atoms with Crippen LogP contribution in [0.25, 0.3) is 0 Å². The number of alkyl halides is 3. The molecule has 0 atom stereocenters. The molecule has 0 spiro atoms. The summed E-state index contributed by atoms with van der Waals surface area (Å²) in [5, 5.41) is 7.41. The van der Waals surface area contributed by atoms with Gasteiger partial charge in [-0.3, -0.25) is 0 Å². The number of nitrogens with two attached hydrogens (primary N) is 1. The second kappa shape index (κ2) is 7.11. The third kappa shape index (κ3) is 4.61. The number of hydrogen-bond acceptors (Lipinski definition) is 4. The lowest BCUT2D eigenvalue weighted by Gasteiger charge is -2.10. The van der Waals surface area contributed by atoms with E-state index >= 15 is 0 Å². The molecular weight excluding hydrogens is 295 g/mol. The van der Waals surface area contributed by atoms with E-state index in [1.165, 1.54) is 12.1 Å². The predicted molar refractivity (Wildman–Crippen MR) is 76.3 cm³/mol. The van der Waals surface area contributed by atoms with Gasteiger partial charge < -0.3 is 10.5 Å². The summed E-state index contributed by atoms with van der Waals surface area (Å²) in [4.78, 5) is 0. The smallest absolute Gasteiger partial charge is 0.416 e. The number of anilines is 1. The molecule has 0 saturated heterocycles. The zero-order valence-corrected chi connectivity index (χ0v) is 11.8. The van der Waals surface area contributed by atoms with Gasteiger partial charge in [-0.25, -0.2) is 0 Å². The van der Waals surface area contributed by atoms with Gasteiger partial charge in [-0.15, -0.1) is 5.10 Å². The number of hydrogen-bond donors (Lipinski definition) is 1. The Morgan fingerprint density at radius 1 is 1.14 bits per heavy atom. The van der Waals surface area contributed by atoms with Crippen molar-refractivity contribution in [2.75, 3.05) is 12.3 Å². The molecule has 0 fully saturated rings. The van der Waals surface area contributed by atoms with Crippen LogP contribution in [0, 0.1) is 0 Å². The zero-order chi connectivity index (χ0) is 16.0. The summed E-state index contributed by atoms with van der Waals surface area (Å²) in [6.07, 6.45) is -0.545. The molecule has 7 heteroatoms. The minimum absolute atomic E-state index is 0.222. The third-order valence-electron chi connectivity index (χ3n) is 3.11. The molecule has 0 bridgehead atoms. The average Bonchev–Trinajstić information content (AvgIpc) is 2.48. The van der Waals surface area contributed by atoms with E-state index in [0.29, 0.717) is 18.8 Å². The van der Waals surface area contributed by atoms with Crippen molar-refractivity contribution in [1.82, 2.24) is 10.2 Å². The van der Waals surface area contributed by atoms with Gasteiger partial charge in [0.15, 0.2) is 0 Å². The van der Waals surface area contributed by atoms with E-state index in [1.807, 2.05) is 0 Å². The molecule has 0 aliphatic rings. The largest absolute Gasteiger partial charge is 0.494 e. The van der Waals surface area contributed by atoms with E-state index in [1.54, 1.807) is 12.3 Å². The first-order chi connectivity index (χ1) is 10.5. The van der Waals surface area contributed by atoms with Crippen LogP contribution in [0.2, 0.25) is 0 Å². The highest BCUT2D eigenvalue weighted by atomic mass is 19.4. The number of ether oxygens (including phenoxy) is 1. The van der Waals surface area contributed by atoms with E-state index in [9.17, 15) is 13.2 Å². The fourth-order valence-corrected chi connectivity index (χ4v) is 1.95. The molecular formula is C15H16F3N3O. The lowest BCUT2D eigenvalue weighted by Crippen LogP contribution is -2.06. The topological polar surface area (TPSA) is 61.0 Å². The SMILES string of the molecule is Nc1nnccc1CCCCOc1cccc(C(F)(F)F)c1. The van der Waals surface area contributed by atoms with Gasteiger partial charge in [0.25, 0.3) is 0 Å². The second-order valence-electron chi connectivity index (χ2n) is 4.77. The minimum atomic E-state index is -4.36. The van der Waals surface area contributed by atoms with Crippen molar-refractivity contribution in [1.29, 1.82) is 0 Å². The highest BCUT2D eigenvalue weighted by Gasteiger charge is 2.30. The quantitative estimate of drug-likeness (QED) is 0.830. The summed E-state index contributed by atoms with van der Waals surface area (Å²) in [6, 6.07) is 6.67. The van der Waals surface area contributed by atoms with Crippen LogP contribution in [0.1, 0.15) is 24.0 Å². The van der Waals surface area contributed by atoms with Crippen LogP contribution < -0.4 is 10.5 Å². The van der Waals surface area contributed by atoms with Gasteiger partial charge in [0.05, 0.1) is 18.4 Å². The standard InChI is InChI=1S/C15H16F3N3O/c16-15(17,18)12-5-3-6-13(10-12)22-9-2-1-4-11-7-8-20-21-14(11)19/h3,5-8,10H,1-2,4,9H2,(H2,19,21). The second-order valence-corrected chi connectivity index (χ2v) is 4.77. The number of unbranched alkanes of at least 4 members (excludes halogenated alkanes) is 1. The summed E-state index contributed by atoms with van der Waals surface area (Å²) in [6.45, 7) is 0.347. The van der Waals surface area contributed by atoms with Gasteiger partial charge in [0, 0.05) is 0 Å². The number of halogens is 3. The summed E-state index contributed by atoms with van der Waals surface area (Å²) in [5.74, 6) is 0.626. The maximum Gasteiger partial charge on any atom is 0.416 e. The first-order valence-electron chi connectivity index (χ1n) is 6.83. The number of nitrogens with zero attached hydrogens (tertiary/aromatic N) is 2. The Balaban J connectivity index is 1.76. The van der Waals surface area contributed by atoms with Crippen molar-refractivity contribution in [3.05, 3.63) is 47.7 Å². The van der Waals surface area contributed by atoms with Crippen LogP contribution in [-0.4, -0.2) is 16.8 Å². The lowest BCUT2D eigenvalue weighted by molar-refractivity contribution is -0.137. The molecule has 0 amide bonds. The Labute approximate surface area is 126 Å². The monoisotopic (exact) mass is 311 g/mol. The number of nitrogen functional groups attached to an aromatic ring is 1. The Bertz CT molecular complexity index is 617. The average molecular weight is 311 g/mol. The number of aryl methyl sites for hydroxylation is 1. The maximum absolute atomic E-state index is 12.6. The van der Waals surface area contributed by atoms with Crippen LogP contribution >= 0.6 is 0 Å². The molecule has 0 saturated carbocycles. The Morgan fingerprint density at radius 3 is 2.68 bits per heavy atom. The first-order valence-corrected chi connectivity index (χ1v) is 6.83. The fourth-order valence-electron chi connectivity index (χ4n) is 1.95. The van der Waals surface area contributed by atoms with Crippen molar-refractivity contribution < 1.29 is 17.9 Å². The van der Waals surface area contributed by atoms with Crippen LogP contribution in [0.4, 0.5) is 19.0 Å². The van der Waals surface area contributed by atoms with Crippen molar-refractivity contribution in [3.8, 4) is 5.75 Å². The van der Waals surface area contributed by atoms with Crippen LogP contribution in [0.5, 0.6) is 5.75 Å². The molecule has 22 heavy (non-hydrogen) atoms. The highest BCUT2D eigenvalue weighted by molar-refractivity contribution is 5.36. The van der Waals surface area contributed by atoms with Gasteiger partial charge in [0.2, 0.25) is 0 Å². The summed E-state index contributed by atoms with van der Waals surface area (Å²) >= 11 is 0. The Hall–Kier alpha value is -2.31. The van der Waals surface area contributed by atoms with Crippen molar-refractivity contribution in [2.24, 2.45) is 0 Å². The van der Waals surface area contributed by atoms with E-state index in [2.05, 4.69) is 10.2 Å². The molecule has 2 rings (SSSR count). The molecule has 0 radical (unpaired) electrons. The summed E-state index contributed by atoms with van der Waals surface area (Å²) in [5.41, 5.74) is 5.88. The molecule has 1 heterocycles. The molecule has 2 aromatic rings. The number of aromatic nitrogens is 2. The highest BCUT2D eigenvalue weighted by Crippen LogP contribution is 2.31. The molecule has 0 aliphatic heterocycles. The van der Waals surface area contributed by atoms with Crippen molar-refractivity contribution >= 4 is 5.82 Å². The van der Waals surface area contributed by atoms with Gasteiger partial charge in [-0.05, 0) is 49.1 Å². The Morgan fingerprint density at radius 2 is 1.95 bits per heavy atom. The molecule has 2 N–H and O–H groups in total. The van der Waals surface area contributed by atoms with E-state index in [0.717, 1.165) is 30.5 Å². The minimum Gasteiger partial charge on any atom is -0.494 e. The Kier molecular flexibility index (Phi) is 5.19.